The number of guanidine groups is 1. The second kappa shape index (κ2) is 12.0. The molecule has 1 fully saturated rings. The molecule has 2 rings (SSSR count). The number of aromatic nitrogens is 2. The summed E-state index contributed by atoms with van der Waals surface area (Å²) in [5.41, 5.74) is 0. The van der Waals surface area contributed by atoms with Crippen molar-refractivity contribution in [1.29, 1.82) is 0 Å². The van der Waals surface area contributed by atoms with E-state index in [1.807, 2.05) is 6.20 Å². The maximum absolute atomic E-state index is 4.87. The number of hydrogen-bond donors (Lipinski definition) is 1. The molecule has 0 aromatic carbocycles. The van der Waals surface area contributed by atoms with Crippen molar-refractivity contribution in [3.63, 3.8) is 0 Å². The highest BCUT2D eigenvalue weighted by molar-refractivity contribution is 14.0. The fourth-order valence-electron chi connectivity index (χ4n) is 2.92. The second-order valence-corrected chi connectivity index (χ2v) is 8.06. The predicted octanol–water partition coefficient (Wildman–Crippen LogP) is 3.63. The predicted molar refractivity (Wildman–Crippen MR) is 120 cm³/mol. The third-order valence-electron chi connectivity index (χ3n) is 4.46. The molecule has 1 saturated heterocycles. The molecule has 1 atom stereocenters. The van der Waals surface area contributed by atoms with E-state index < -0.39 is 0 Å². The van der Waals surface area contributed by atoms with Gasteiger partial charge in [0.2, 0.25) is 0 Å². The molecule has 1 aromatic heterocycles. The average molecular weight is 479 g/mol. The molecule has 1 unspecified atom stereocenters. The maximum atomic E-state index is 4.87. The van der Waals surface area contributed by atoms with Crippen molar-refractivity contribution in [3.05, 3.63) is 18.2 Å². The van der Waals surface area contributed by atoms with Crippen LogP contribution >= 0.6 is 35.7 Å². The van der Waals surface area contributed by atoms with E-state index in [-0.39, 0.29) is 24.0 Å². The molecule has 144 valence electrons. The van der Waals surface area contributed by atoms with Crippen LogP contribution in [0.25, 0.3) is 0 Å². The van der Waals surface area contributed by atoms with Crippen molar-refractivity contribution in [2.24, 2.45) is 10.9 Å². The lowest BCUT2D eigenvalue weighted by Gasteiger charge is -2.36. The molecule has 7 heteroatoms. The summed E-state index contributed by atoms with van der Waals surface area (Å²) in [6.45, 7) is 13.9. The summed E-state index contributed by atoms with van der Waals surface area (Å²) in [7, 11) is 0. The quantitative estimate of drug-likeness (QED) is 0.281. The molecule has 1 aliphatic rings. The molecule has 25 heavy (non-hydrogen) atoms. The molecule has 0 saturated carbocycles. The van der Waals surface area contributed by atoms with Crippen LogP contribution in [0.1, 0.15) is 39.4 Å². The van der Waals surface area contributed by atoms with Crippen molar-refractivity contribution >= 4 is 41.7 Å². The summed E-state index contributed by atoms with van der Waals surface area (Å²) in [5.74, 6) is 4.12. The number of halogens is 1. The highest BCUT2D eigenvalue weighted by Crippen LogP contribution is 2.24. The van der Waals surface area contributed by atoms with Crippen LogP contribution in [0.4, 0.5) is 0 Å². The normalized spacial score (nSPS) is 18.4. The number of unbranched alkanes of at least 4 members (excludes halogenated alkanes) is 1. The largest absolute Gasteiger partial charge is 0.357 e. The molecule has 1 N–H and O–H groups in total. The van der Waals surface area contributed by atoms with Gasteiger partial charge in [0.05, 0.1) is 0 Å². The van der Waals surface area contributed by atoms with Crippen molar-refractivity contribution in [1.82, 2.24) is 19.8 Å². The number of aryl methyl sites for hydroxylation is 2. The van der Waals surface area contributed by atoms with Gasteiger partial charge in [0.15, 0.2) is 5.96 Å². The van der Waals surface area contributed by atoms with Crippen LogP contribution in [-0.2, 0) is 6.54 Å². The molecular formula is C18H34IN5S. The van der Waals surface area contributed by atoms with Gasteiger partial charge in [-0.1, -0.05) is 13.8 Å². The Morgan fingerprint density at radius 3 is 2.88 bits per heavy atom. The summed E-state index contributed by atoms with van der Waals surface area (Å²) in [4.78, 5) is 11.6. The van der Waals surface area contributed by atoms with Crippen molar-refractivity contribution in [2.75, 3.05) is 31.9 Å². The first-order valence-corrected chi connectivity index (χ1v) is 10.3. The van der Waals surface area contributed by atoms with Gasteiger partial charge in [-0.15, -0.1) is 24.0 Å². The topological polar surface area (TPSA) is 45.5 Å². The molecule has 0 spiro atoms. The van der Waals surface area contributed by atoms with E-state index in [4.69, 9.17) is 4.99 Å². The molecule has 1 aliphatic heterocycles. The third-order valence-corrected chi connectivity index (χ3v) is 6.00. The first-order valence-electron chi connectivity index (χ1n) is 9.24. The summed E-state index contributed by atoms with van der Waals surface area (Å²) < 4.78 is 2.21. The summed E-state index contributed by atoms with van der Waals surface area (Å²) >= 11 is 2.11. The highest BCUT2D eigenvalue weighted by atomic mass is 127. The van der Waals surface area contributed by atoms with E-state index in [9.17, 15) is 0 Å². The number of rotatable bonds is 7. The van der Waals surface area contributed by atoms with Gasteiger partial charge in [-0.05, 0) is 32.6 Å². The van der Waals surface area contributed by atoms with E-state index in [1.165, 1.54) is 5.75 Å². The first kappa shape index (κ1) is 22.6. The van der Waals surface area contributed by atoms with Crippen LogP contribution in [-0.4, -0.2) is 57.6 Å². The minimum atomic E-state index is 0. The maximum Gasteiger partial charge on any atom is 0.193 e. The lowest BCUT2D eigenvalue weighted by atomic mass is 10.1. The number of nitrogens with one attached hydrogen (secondary N) is 1. The molecular weight excluding hydrogens is 445 g/mol. The Kier molecular flexibility index (Phi) is 10.9. The molecule has 1 aromatic rings. The Bertz CT molecular complexity index is 517. The fourth-order valence-corrected chi connectivity index (χ4v) is 4.21. The van der Waals surface area contributed by atoms with E-state index >= 15 is 0 Å². The van der Waals surface area contributed by atoms with E-state index in [1.54, 1.807) is 0 Å². The number of nitrogens with zero attached hydrogens (tertiary/aromatic N) is 4. The van der Waals surface area contributed by atoms with E-state index in [0.717, 1.165) is 63.3 Å². The second-order valence-electron chi connectivity index (χ2n) is 6.71. The fraction of sp³-hybridized carbons (Fsp3) is 0.778. The van der Waals surface area contributed by atoms with Crippen LogP contribution in [0.2, 0.25) is 0 Å². The zero-order valence-corrected chi connectivity index (χ0v) is 19.2. The van der Waals surface area contributed by atoms with Gasteiger partial charge in [0.25, 0.3) is 0 Å². The van der Waals surface area contributed by atoms with Gasteiger partial charge >= 0.3 is 0 Å². The van der Waals surface area contributed by atoms with Crippen molar-refractivity contribution in [2.45, 2.75) is 52.3 Å². The minimum absolute atomic E-state index is 0. The Balaban J connectivity index is 0.00000312. The standard InChI is InChI=1S/C18H33N5S.HI/c1-5-19-18(23-12-13-24-17(14-23)15(2)3)21-8-6-7-10-22-11-9-20-16(22)4;/h9,11,15,17H,5-8,10,12-14H2,1-4H3,(H,19,21);1H. The van der Waals surface area contributed by atoms with Gasteiger partial charge in [0.1, 0.15) is 5.82 Å². The molecule has 0 amide bonds. The van der Waals surface area contributed by atoms with E-state index in [2.05, 4.69) is 65.4 Å². The lowest BCUT2D eigenvalue weighted by molar-refractivity contribution is 0.380. The lowest BCUT2D eigenvalue weighted by Crippen LogP contribution is -2.49. The Morgan fingerprint density at radius 2 is 2.24 bits per heavy atom. The number of imidazole rings is 1. The van der Waals surface area contributed by atoms with Crippen molar-refractivity contribution < 1.29 is 0 Å². The average Bonchev–Trinajstić information content (AvgIpc) is 2.99. The molecule has 5 nitrogen and oxygen atoms in total. The molecule has 0 aliphatic carbocycles. The number of hydrogen-bond acceptors (Lipinski definition) is 3. The zero-order chi connectivity index (χ0) is 17.4. The third kappa shape index (κ3) is 7.37. The van der Waals surface area contributed by atoms with Crippen LogP contribution in [0.3, 0.4) is 0 Å². The zero-order valence-electron chi connectivity index (χ0n) is 16.1. The van der Waals surface area contributed by atoms with Gasteiger partial charge in [0, 0.05) is 56.1 Å². The summed E-state index contributed by atoms with van der Waals surface area (Å²) in [5, 5.41) is 4.19. The van der Waals surface area contributed by atoms with Gasteiger partial charge in [-0.3, -0.25) is 4.99 Å². The van der Waals surface area contributed by atoms with Crippen LogP contribution in [0.5, 0.6) is 0 Å². The summed E-state index contributed by atoms with van der Waals surface area (Å²) in [6, 6.07) is 0. The van der Waals surface area contributed by atoms with E-state index in [0.29, 0.717) is 5.25 Å². The summed E-state index contributed by atoms with van der Waals surface area (Å²) in [6.07, 6.45) is 6.18. The number of aliphatic imine (C=N–C) groups is 1. The molecule has 0 bridgehead atoms. The monoisotopic (exact) mass is 479 g/mol. The molecule has 2 heterocycles. The minimum Gasteiger partial charge on any atom is -0.357 e. The number of thioether (sulfide) groups is 1. The van der Waals surface area contributed by atoms with Crippen LogP contribution in [0, 0.1) is 12.8 Å². The Hall–Kier alpha value is -0.440. The van der Waals surface area contributed by atoms with Gasteiger partial charge < -0.3 is 14.8 Å². The first-order chi connectivity index (χ1) is 11.6. The van der Waals surface area contributed by atoms with Gasteiger partial charge in [-0.25, -0.2) is 4.98 Å². The van der Waals surface area contributed by atoms with Crippen LogP contribution in [0.15, 0.2) is 17.4 Å². The van der Waals surface area contributed by atoms with Crippen LogP contribution < -0.4 is 5.32 Å². The Labute approximate surface area is 174 Å². The van der Waals surface area contributed by atoms with Crippen molar-refractivity contribution in [3.8, 4) is 0 Å². The SMILES string of the molecule is CCNC(=NCCCCn1ccnc1C)N1CCSC(C(C)C)C1.I. The molecule has 0 radical (unpaired) electrons. The van der Waals surface area contributed by atoms with Gasteiger partial charge in [-0.2, -0.15) is 11.8 Å². The highest BCUT2D eigenvalue weighted by Gasteiger charge is 2.24. The Morgan fingerprint density at radius 1 is 1.44 bits per heavy atom. The smallest absolute Gasteiger partial charge is 0.193 e.